The highest BCUT2D eigenvalue weighted by Gasteiger charge is 2.18. The first-order chi connectivity index (χ1) is 3.80. The SMILES string of the molecule is CC(C)C1CN[B]O1. The van der Waals surface area contributed by atoms with Crippen LogP contribution in [0, 0.1) is 5.92 Å². The molecule has 0 bridgehead atoms. The molecule has 1 rings (SSSR count). The van der Waals surface area contributed by atoms with E-state index in [0.717, 1.165) is 6.54 Å². The Morgan fingerprint density at radius 2 is 2.50 bits per heavy atom. The number of hydrogen-bond acceptors (Lipinski definition) is 2. The number of nitrogens with one attached hydrogen (secondary N) is 1. The van der Waals surface area contributed by atoms with E-state index in [4.69, 9.17) is 4.65 Å². The summed E-state index contributed by atoms with van der Waals surface area (Å²) in [6.07, 6.45) is 0.398. The quantitative estimate of drug-likeness (QED) is 0.488. The van der Waals surface area contributed by atoms with E-state index in [-0.39, 0.29) is 0 Å². The standard InChI is InChI=1S/C5H11BNO/c1-4(2)5-3-7-6-8-5/h4-5,7H,3H2,1-2H3. The fourth-order valence-corrected chi connectivity index (χ4v) is 0.741. The van der Waals surface area contributed by atoms with Crippen LogP contribution in [0.15, 0.2) is 0 Å². The first-order valence-corrected chi connectivity index (χ1v) is 3.01. The molecular weight excluding hydrogens is 101 g/mol. The van der Waals surface area contributed by atoms with Crippen molar-refractivity contribution >= 4 is 7.62 Å². The molecule has 1 radical (unpaired) electrons. The molecule has 0 amide bonds. The van der Waals surface area contributed by atoms with Gasteiger partial charge in [0.15, 0.2) is 0 Å². The third-order valence-electron chi connectivity index (χ3n) is 1.39. The van der Waals surface area contributed by atoms with Gasteiger partial charge in [0.2, 0.25) is 0 Å². The molecule has 3 heteroatoms. The van der Waals surface area contributed by atoms with Crippen LogP contribution in [0.3, 0.4) is 0 Å². The predicted molar refractivity (Wildman–Crippen MR) is 33.5 cm³/mol. The van der Waals surface area contributed by atoms with Crippen LogP contribution in [0.25, 0.3) is 0 Å². The summed E-state index contributed by atoms with van der Waals surface area (Å²) in [6, 6.07) is 0. The van der Waals surface area contributed by atoms with Gasteiger partial charge in [-0.3, -0.25) is 0 Å². The van der Waals surface area contributed by atoms with Gasteiger partial charge in [0.05, 0.1) is 6.10 Å². The van der Waals surface area contributed by atoms with E-state index in [2.05, 4.69) is 19.1 Å². The third kappa shape index (κ3) is 1.23. The summed E-state index contributed by atoms with van der Waals surface area (Å²) >= 11 is 0. The highest BCUT2D eigenvalue weighted by atomic mass is 16.5. The van der Waals surface area contributed by atoms with E-state index in [0.29, 0.717) is 12.0 Å². The van der Waals surface area contributed by atoms with Crippen molar-refractivity contribution in [3.8, 4) is 0 Å². The molecule has 1 aliphatic heterocycles. The monoisotopic (exact) mass is 112 g/mol. The highest BCUT2D eigenvalue weighted by molar-refractivity contribution is 6.24. The molecule has 2 nitrogen and oxygen atoms in total. The lowest BCUT2D eigenvalue weighted by Crippen LogP contribution is -2.19. The van der Waals surface area contributed by atoms with Crippen LogP contribution in [0.2, 0.25) is 0 Å². The minimum absolute atomic E-state index is 0.398. The van der Waals surface area contributed by atoms with Crippen molar-refractivity contribution in [1.29, 1.82) is 0 Å². The van der Waals surface area contributed by atoms with Crippen LogP contribution < -0.4 is 5.23 Å². The van der Waals surface area contributed by atoms with Crippen molar-refractivity contribution in [2.24, 2.45) is 5.92 Å². The molecule has 8 heavy (non-hydrogen) atoms. The largest absolute Gasteiger partial charge is 0.420 e. The van der Waals surface area contributed by atoms with Gasteiger partial charge in [-0.1, -0.05) is 13.8 Å². The van der Waals surface area contributed by atoms with Crippen molar-refractivity contribution < 1.29 is 4.65 Å². The molecule has 1 atom stereocenters. The topological polar surface area (TPSA) is 21.3 Å². The normalized spacial score (nSPS) is 28.6. The van der Waals surface area contributed by atoms with Gasteiger partial charge in [-0.25, -0.2) is 0 Å². The molecule has 45 valence electrons. The maximum Gasteiger partial charge on any atom is 0.396 e. The van der Waals surface area contributed by atoms with Gasteiger partial charge in [-0.05, 0) is 5.92 Å². The summed E-state index contributed by atoms with van der Waals surface area (Å²) in [5.74, 6) is 0.626. The molecule has 0 spiro atoms. The van der Waals surface area contributed by atoms with E-state index in [1.807, 2.05) is 0 Å². The van der Waals surface area contributed by atoms with E-state index < -0.39 is 0 Å². The van der Waals surface area contributed by atoms with Gasteiger partial charge in [-0.2, -0.15) is 0 Å². The minimum Gasteiger partial charge on any atom is -0.420 e. The molecule has 0 saturated carbocycles. The lowest BCUT2D eigenvalue weighted by atomic mass is 10.1. The van der Waals surface area contributed by atoms with E-state index in [1.165, 1.54) is 0 Å². The minimum atomic E-state index is 0.398. The molecule has 0 aromatic rings. The second-order valence-corrected chi connectivity index (χ2v) is 2.44. The average Bonchev–Trinajstić information content (AvgIpc) is 2.12. The fraction of sp³-hybridized carbons (Fsp3) is 1.00. The summed E-state index contributed by atoms with van der Waals surface area (Å²) in [7, 11) is 1.67. The zero-order chi connectivity index (χ0) is 5.98. The molecule has 1 aliphatic rings. The smallest absolute Gasteiger partial charge is 0.396 e. The molecule has 0 aromatic heterocycles. The van der Waals surface area contributed by atoms with Crippen molar-refractivity contribution in [1.82, 2.24) is 5.23 Å². The lowest BCUT2D eigenvalue weighted by Gasteiger charge is -2.11. The average molecular weight is 112 g/mol. The third-order valence-corrected chi connectivity index (χ3v) is 1.39. The first kappa shape index (κ1) is 6.11. The van der Waals surface area contributed by atoms with Crippen LogP contribution in [0.1, 0.15) is 13.8 Å². The van der Waals surface area contributed by atoms with Crippen LogP contribution >= 0.6 is 0 Å². The summed E-state index contributed by atoms with van der Waals surface area (Å²) in [4.78, 5) is 0. The number of rotatable bonds is 1. The second-order valence-electron chi connectivity index (χ2n) is 2.44. The Morgan fingerprint density at radius 3 is 2.75 bits per heavy atom. The Kier molecular flexibility index (Phi) is 1.92. The van der Waals surface area contributed by atoms with Crippen molar-refractivity contribution in [3.63, 3.8) is 0 Å². The molecule has 0 aliphatic carbocycles. The van der Waals surface area contributed by atoms with E-state index in [9.17, 15) is 0 Å². The fourth-order valence-electron chi connectivity index (χ4n) is 0.741. The van der Waals surface area contributed by atoms with Gasteiger partial charge >= 0.3 is 7.62 Å². The van der Waals surface area contributed by atoms with Crippen molar-refractivity contribution in [2.45, 2.75) is 20.0 Å². The maximum absolute atomic E-state index is 5.18. The molecule has 1 unspecified atom stereocenters. The maximum atomic E-state index is 5.18. The van der Waals surface area contributed by atoms with Crippen molar-refractivity contribution in [3.05, 3.63) is 0 Å². The molecule has 1 fully saturated rings. The summed E-state index contributed by atoms with van der Waals surface area (Å²) < 4.78 is 5.18. The number of hydrogen-bond donors (Lipinski definition) is 1. The highest BCUT2D eigenvalue weighted by Crippen LogP contribution is 2.06. The predicted octanol–water partition coefficient (Wildman–Crippen LogP) is 0.165. The summed E-state index contributed by atoms with van der Waals surface area (Å²) in [5.41, 5.74) is 0. The molecule has 1 N–H and O–H groups in total. The second kappa shape index (κ2) is 2.51. The van der Waals surface area contributed by atoms with Gasteiger partial charge in [-0.15, -0.1) is 0 Å². The zero-order valence-electron chi connectivity index (χ0n) is 5.35. The lowest BCUT2D eigenvalue weighted by molar-refractivity contribution is 0.194. The summed E-state index contributed by atoms with van der Waals surface area (Å²) in [6.45, 7) is 5.29. The van der Waals surface area contributed by atoms with E-state index in [1.54, 1.807) is 7.62 Å². The van der Waals surface area contributed by atoms with Crippen LogP contribution in [-0.4, -0.2) is 20.3 Å². The van der Waals surface area contributed by atoms with Crippen LogP contribution in [-0.2, 0) is 4.65 Å². The van der Waals surface area contributed by atoms with Gasteiger partial charge in [0, 0.05) is 6.54 Å². The molecular formula is C5H11BNO. The Balaban J connectivity index is 2.24. The molecule has 1 saturated heterocycles. The first-order valence-electron chi connectivity index (χ1n) is 3.01. The summed E-state index contributed by atoms with van der Waals surface area (Å²) in [5, 5.41) is 3.01. The Labute approximate surface area is 50.9 Å². The van der Waals surface area contributed by atoms with E-state index >= 15 is 0 Å². The van der Waals surface area contributed by atoms with Crippen LogP contribution in [0.5, 0.6) is 0 Å². The Bertz CT molecular complexity index is 70.8. The van der Waals surface area contributed by atoms with Gasteiger partial charge in [0.1, 0.15) is 0 Å². The Hall–Kier alpha value is -0.0151. The van der Waals surface area contributed by atoms with Crippen molar-refractivity contribution in [2.75, 3.05) is 6.54 Å². The van der Waals surface area contributed by atoms with Crippen LogP contribution in [0.4, 0.5) is 0 Å². The Morgan fingerprint density at radius 1 is 1.75 bits per heavy atom. The molecule has 1 heterocycles. The molecule has 0 aromatic carbocycles. The zero-order valence-corrected chi connectivity index (χ0v) is 5.35. The van der Waals surface area contributed by atoms with Gasteiger partial charge < -0.3 is 9.88 Å². The van der Waals surface area contributed by atoms with Gasteiger partial charge in [0.25, 0.3) is 0 Å².